The summed E-state index contributed by atoms with van der Waals surface area (Å²) in [5, 5.41) is 3.30. The summed E-state index contributed by atoms with van der Waals surface area (Å²) < 4.78 is 5.40. The maximum atomic E-state index is 11.9. The Balaban J connectivity index is 2.83. The highest BCUT2D eigenvalue weighted by atomic mass is 16.5. The maximum absolute atomic E-state index is 11.9. The Morgan fingerprint density at radius 1 is 1.32 bits per heavy atom. The van der Waals surface area contributed by atoms with Crippen LogP contribution in [0.25, 0.3) is 0 Å². The minimum absolute atomic E-state index is 0.0504. The fraction of sp³-hybridized carbons (Fsp3) is 0.533. The molecule has 0 radical (unpaired) electrons. The molecular weight excluding hydrogens is 240 g/mol. The lowest BCUT2D eigenvalue weighted by Gasteiger charge is -2.23. The minimum Gasteiger partial charge on any atom is -0.496 e. The van der Waals surface area contributed by atoms with Gasteiger partial charge < -0.3 is 9.64 Å². The molecule has 4 nitrogen and oxygen atoms in total. The van der Waals surface area contributed by atoms with Crippen molar-refractivity contribution >= 4 is 5.91 Å². The number of methoxy groups -OCH3 is 1. The summed E-state index contributed by atoms with van der Waals surface area (Å²) in [6, 6.07) is 5.92. The lowest BCUT2D eigenvalue weighted by molar-refractivity contribution is -0.130. The molecule has 1 aromatic carbocycles. The molecule has 106 valence electrons. The van der Waals surface area contributed by atoms with E-state index in [2.05, 4.69) is 11.4 Å². The number of ether oxygens (including phenoxy) is 1. The molecule has 0 spiro atoms. The van der Waals surface area contributed by atoms with Gasteiger partial charge in [0.15, 0.2) is 0 Å². The summed E-state index contributed by atoms with van der Waals surface area (Å²) in [5.74, 6) is 0.919. The molecular formula is C15H24N2O2. The van der Waals surface area contributed by atoms with Crippen molar-refractivity contribution < 1.29 is 9.53 Å². The smallest absolute Gasteiger partial charge is 0.238 e. The van der Waals surface area contributed by atoms with Crippen LogP contribution >= 0.6 is 0 Å². The minimum atomic E-state index is -0.226. The zero-order valence-electron chi connectivity index (χ0n) is 12.7. The molecule has 1 aromatic rings. The van der Waals surface area contributed by atoms with E-state index in [0.29, 0.717) is 0 Å². The van der Waals surface area contributed by atoms with E-state index in [1.165, 1.54) is 0 Å². The number of benzene rings is 1. The van der Waals surface area contributed by atoms with Gasteiger partial charge in [0.05, 0.1) is 13.2 Å². The Labute approximate surface area is 115 Å². The number of nitrogens with one attached hydrogen (secondary N) is 1. The van der Waals surface area contributed by atoms with Crippen LogP contribution in [0.1, 0.15) is 31.0 Å². The predicted molar refractivity (Wildman–Crippen MR) is 77.4 cm³/mol. The third-order valence-corrected chi connectivity index (χ3v) is 3.17. The summed E-state index contributed by atoms with van der Waals surface area (Å²) in [6.45, 7) is 5.94. The van der Waals surface area contributed by atoms with Crippen molar-refractivity contribution in [3.8, 4) is 5.75 Å². The quantitative estimate of drug-likeness (QED) is 0.886. The molecule has 4 heteroatoms. The number of hydrogen-bond donors (Lipinski definition) is 1. The number of nitrogens with zero attached hydrogens (tertiary/aromatic N) is 1. The second-order valence-corrected chi connectivity index (χ2v) is 5.09. The SMILES string of the molecule is COc1cc(C)ccc1C(C)NC(C)C(=O)N(C)C. The number of rotatable bonds is 5. The first-order chi connectivity index (χ1) is 8.86. The Kier molecular flexibility index (Phi) is 5.36. The number of aryl methyl sites for hydroxylation is 1. The Morgan fingerprint density at radius 3 is 2.47 bits per heavy atom. The van der Waals surface area contributed by atoms with E-state index >= 15 is 0 Å². The van der Waals surface area contributed by atoms with Crippen LogP contribution in [0.5, 0.6) is 5.75 Å². The lowest BCUT2D eigenvalue weighted by atomic mass is 10.0. The Morgan fingerprint density at radius 2 is 1.95 bits per heavy atom. The van der Waals surface area contributed by atoms with Crippen molar-refractivity contribution in [1.82, 2.24) is 10.2 Å². The summed E-state index contributed by atoms with van der Waals surface area (Å²) in [6.07, 6.45) is 0. The molecule has 1 N–H and O–H groups in total. The van der Waals surface area contributed by atoms with E-state index in [9.17, 15) is 4.79 Å². The van der Waals surface area contributed by atoms with Gasteiger partial charge >= 0.3 is 0 Å². The van der Waals surface area contributed by atoms with Gasteiger partial charge in [-0.25, -0.2) is 0 Å². The van der Waals surface area contributed by atoms with E-state index in [-0.39, 0.29) is 18.0 Å². The molecule has 0 fully saturated rings. The number of carbonyl (C=O) groups excluding carboxylic acids is 1. The predicted octanol–water partition coefficient (Wildman–Crippen LogP) is 2.13. The molecule has 0 aromatic heterocycles. The number of carbonyl (C=O) groups is 1. The first-order valence-electron chi connectivity index (χ1n) is 6.48. The monoisotopic (exact) mass is 264 g/mol. The number of hydrogen-bond acceptors (Lipinski definition) is 3. The van der Waals surface area contributed by atoms with Gasteiger partial charge in [0.25, 0.3) is 0 Å². The van der Waals surface area contributed by atoms with Crippen LogP contribution in [-0.2, 0) is 4.79 Å². The van der Waals surface area contributed by atoms with Gasteiger partial charge in [-0.2, -0.15) is 0 Å². The van der Waals surface area contributed by atoms with Gasteiger partial charge in [0, 0.05) is 25.7 Å². The molecule has 0 saturated heterocycles. The molecule has 1 rings (SSSR count). The second kappa shape index (κ2) is 6.57. The highest BCUT2D eigenvalue weighted by molar-refractivity contribution is 5.80. The first-order valence-corrected chi connectivity index (χ1v) is 6.48. The Bertz CT molecular complexity index is 444. The van der Waals surface area contributed by atoms with Crippen LogP contribution in [0, 0.1) is 6.92 Å². The van der Waals surface area contributed by atoms with Crippen LogP contribution in [0.4, 0.5) is 0 Å². The molecule has 19 heavy (non-hydrogen) atoms. The molecule has 0 aliphatic carbocycles. The van der Waals surface area contributed by atoms with E-state index < -0.39 is 0 Å². The Hall–Kier alpha value is -1.55. The van der Waals surface area contributed by atoms with E-state index in [4.69, 9.17) is 4.74 Å². The number of likely N-dealkylation sites (N-methyl/N-ethyl adjacent to an activating group) is 1. The van der Waals surface area contributed by atoms with Crippen LogP contribution in [0.2, 0.25) is 0 Å². The normalized spacial score (nSPS) is 13.8. The van der Waals surface area contributed by atoms with Gasteiger partial charge in [-0.05, 0) is 32.4 Å². The van der Waals surface area contributed by atoms with Crippen molar-refractivity contribution in [2.75, 3.05) is 21.2 Å². The van der Waals surface area contributed by atoms with Gasteiger partial charge in [-0.1, -0.05) is 12.1 Å². The number of amides is 1. The lowest BCUT2D eigenvalue weighted by Crippen LogP contribution is -2.42. The van der Waals surface area contributed by atoms with Crippen molar-refractivity contribution in [3.05, 3.63) is 29.3 Å². The molecule has 2 unspecified atom stereocenters. The summed E-state index contributed by atoms with van der Waals surface area (Å²) in [5.41, 5.74) is 2.22. The molecule has 1 amide bonds. The van der Waals surface area contributed by atoms with Crippen LogP contribution in [-0.4, -0.2) is 38.1 Å². The van der Waals surface area contributed by atoms with Crippen LogP contribution in [0.15, 0.2) is 18.2 Å². The fourth-order valence-electron chi connectivity index (χ4n) is 2.10. The largest absolute Gasteiger partial charge is 0.496 e. The average molecular weight is 264 g/mol. The standard InChI is InChI=1S/C15H24N2O2/c1-10-7-8-13(14(9-10)19-6)11(2)16-12(3)15(18)17(4)5/h7-9,11-12,16H,1-6H3. The van der Waals surface area contributed by atoms with Crippen LogP contribution in [0.3, 0.4) is 0 Å². The van der Waals surface area contributed by atoms with Crippen molar-refractivity contribution in [1.29, 1.82) is 0 Å². The molecule has 2 atom stereocenters. The van der Waals surface area contributed by atoms with Gasteiger partial charge in [0.2, 0.25) is 5.91 Å². The molecule has 0 heterocycles. The average Bonchev–Trinajstić information content (AvgIpc) is 2.36. The van der Waals surface area contributed by atoms with Crippen LogP contribution < -0.4 is 10.1 Å². The highest BCUT2D eigenvalue weighted by Gasteiger charge is 2.19. The summed E-state index contributed by atoms with van der Waals surface area (Å²) in [4.78, 5) is 13.4. The summed E-state index contributed by atoms with van der Waals surface area (Å²) >= 11 is 0. The first kappa shape index (κ1) is 15.5. The van der Waals surface area contributed by atoms with Crippen molar-refractivity contribution in [2.45, 2.75) is 32.9 Å². The van der Waals surface area contributed by atoms with Crippen molar-refractivity contribution in [2.24, 2.45) is 0 Å². The third-order valence-electron chi connectivity index (χ3n) is 3.17. The highest BCUT2D eigenvalue weighted by Crippen LogP contribution is 2.26. The maximum Gasteiger partial charge on any atom is 0.238 e. The fourth-order valence-corrected chi connectivity index (χ4v) is 2.10. The van der Waals surface area contributed by atoms with E-state index in [0.717, 1.165) is 16.9 Å². The van der Waals surface area contributed by atoms with Gasteiger partial charge in [-0.3, -0.25) is 10.1 Å². The van der Waals surface area contributed by atoms with E-state index in [1.54, 1.807) is 26.1 Å². The van der Waals surface area contributed by atoms with Gasteiger partial charge in [0.1, 0.15) is 5.75 Å². The van der Waals surface area contributed by atoms with Gasteiger partial charge in [-0.15, -0.1) is 0 Å². The third kappa shape index (κ3) is 3.96. The molecule has 0 aliphatic heterocycles. The summed E-state index contributed by atoms with van der Waals surface area (Å²) in [7, 11) is 5.19. The second-order valence-electron chi connectivity index (χ2n) is 5.09. The topological polar surface area (TPSA) is 41.6 Å². The molecule has 0 saturated carbocycles. The zero-order chi connectivity index (χ0) is 14.6. The molecule has 0 bridgehead atoms. The van der Waals surface area contributed by atoms with Crippen molar-refractivity contribution in [3.63, 3.8) is 0 Å². The molecule has 0 aliphatic rings. The van der Waals surface area contributed by atoms with E-state index in [1.807, 2.05) is 32.9 Å². The zero-order valence-corrected chi connectivity index (χ0v) is 12.7.